The van der Waals surface area contributed by atoms with Gasteiger partial charge in [0.2, 0.25) is 5.91 Å². The second-order valence-corrected chi connectivity index (χ2v) is 11.7. The van der Waals surface area contributed by atoms with Crippen molar-refractivity contribution in [3.63, 3.8) is 0 Å². The molecule has 31 heavy (non-hydrogen) atoms. The number of benzene rings is 2. The molecule has 2 aliphatic heterocycles. The molecule has 2 unspecified atom stereocenters. The summed E-state index contributed by atoms with van der Waals surface area (Å²) in [6, 6.07) is 15.2. The van der Waals surface area contributed by atoms with Crippen LogP contribution in [0.2, 0.25) is 0 Å². The molecule has 2 aromatic carbocycles. The van der Waals surface area contributed by atoms with Crippen LogP contribution in [0.1, 0.15) is 56.6 Å². The highest BCUT2D eigenvalue weighted by Crippen LogP contribution is 2.36. The van der Waals surface area contributed by atoms with E-state index in [0.29, 0.717) is 13.0 Å². The van der Waals surface area contributed by atoms with E-state index in [1.807, 2.05) is 4.90 Å². The van der Waals surface area contributed by atoms with E-state index in [-0.39, 0.29) is 35.5 Å². The predicted octanol–water partition coefficient (Wildman–Crippen LogP) is 3.94. The smallest absolute Gasteiger partial charge is 0.237 e. The minimum Gasteiger partial charge on any atom is -0.335 e. The number of rotatable bonds is 5. The van der Waals surface area contributed by atoms with Crippen molar-refractivity contribution in [1.82, 2.24) is 9.80 Å². The Morgan fingerprint density at radius 2 is 1.71 bits per heavy atom. The summed E-state index contributed by atoms with van der Waals surface area (Å²) in [5.74, 6) is 0.486. The zero-order valence-electron chi connectivity index (χ0n) is 18.1. The summed E-state index contributed by atoms with van der Waals surface area (Å²) >= 11 is 0. The lowest BCUT2D eigenvalue weighted by Gasteiger charge is -2.36. The third-order valence-corrected chi connectivity index (χ3v) is 9.24. The van der Waals surface area contributed by atoms with Gasteiger partial charge in [-0.1, -0.05) is 55.3 Å². The van der Waals surface area contributed by atoms with Gasteiger partial charge in [-0.3, -0.25) is 9.69 Å². The van der Waals surface area contributed by atoms with Gasteiger partial charge in [0.1, 0.15) is 0 Å². The SMILES string of the molecule is O=C(CN1CCCC1c1cccc2ccccc12)N(C1CCCC1)C1CCS(=O)(=O)C1. The monoisotopic (exact) mass is 440 g/mol. The number of nitrogens with zero attached hydrogens (tertiary/aromatic N) is 2. The molecule has 1 aliphatic carbocycles. The second-order valence-electron chi connectivity index (χ2n) is 9.49. The largest absolute Gasteiger partial charge is 0.335 e. The number of sulfone groups is 1. The highest BCUT2D eigenvalue weighted by Gasteiger charge is 2.40. The molecule has 1 amide bonds. The second kappa shape index (κ2) is 8.55. The van der Waals surface area contributed by atoms with E-state index in [1.165, 1.54) is 16.3 Å². The number of hydrogen-bond acceptors (Lipinski definition) is 4. The molecule has 0 radical (unpaired) electrons. The van der Waals surface area contributed by atoms with E-state index in [4.69, 9.17) is 0 Å². The number of carbonyl (C=O) groups is 1. The van der Waals surface area contributed by atoms with E-state index in [0.717, 1.165) is 45.1 Å². The molecule has 2 heterocycles. The summed E-state index contributed by atoms with van der Waals surface area (Å²) in [6.45, 7) is 1.31. The van der Waals surface area contributed by atoms with Gasteiger partial charge in [-0.25, -0.2) is 8.42 Å². The highest BCUT2D eigenvalue weighted by atomic mass is 32.2. The quantitative estimate of drug-likeness (QED) is 0.707. The Labute approximate surface area is 185 Å². The zero-order valence-corrected chi connectivity index (χ0v) is 18.9. The number of likely N-dealkylation sites (tertiary alicyclic amines) is 1. The Bertz CT molecular complexity index is 1060. The Balaban J connectivity index is 1.38. The summed E-state index contributed by atoms with van der Waals surface area (Å²) < 4.78 is 24.3. The van der Waals surface area contributed by atoms with Gasteiger partial charge < -0.3 is 4.90 Å². The third kappa shape index (κ3) is 4.24. The van der Waals surface area contributed by atoms with Crippen molar-refractivity contribution in [2.45, 2.75) is 63.1 Å². The molecule has 166 valence electrons. The van der Waals surface area contributed by atoms with Crippen molar-refractivity contribution >= 4 is 26.5 Å². The maximum absolute atomic E-state index is 13.6. The standard InChI is InChI=1S/C25H32N2O3S/c28-25(27(20-9-2-3-10-20)21-14-16-31(29,30)18-21)17-26-15-6-13-24(26)23-12-5-8-19-7-1-4-11-22(19)23/h1,4-5,7-8,11-12,20-21,24H,2-3,6,9-10,13-18H2. The summed E-state index contributed by atoms with van der Waals surface area (Å²) in [4.78, 5) is 17.9. The average Bonchev–Trinajstić information content (AvgIpc) is 3.50. The molecule has 5 nitrogen and oxygen atoms in total. The summed E-state index contributed by atoms with van der Waals surface area (Å²) in [5.41, 5.74) is 1.30. The van der Waals surface area contributed by atoms with Crippen molar-refractivity contribution in [2.24, 2.45) is 0 Å². The van der Waals surface area contributed by atoms with Crippen LogP contribution in [-0.4, -0.2) is 60.8 Å². The maximum atomic E-state index is 13.6. The van der Waals surface area contributed by atoms with E-state index >= 15 is 0 Å². The molecule has 5 rings (SSSR count). The van der Waals surface area contributed by atoms with Crippen molar-refractivity contribution in [3.8, 4) is 0 Å². The van der Waals surface area contributed by atoms with Crippen LogP contribution in [0.4, 0.5) is 0 Å². The summed E-state index contributed by atoms with van der Waals surface area (Å²) in [5, 5.41) is 2.51. The first-order valence-electron chi connectivity index (χ1n) is 11.8. The van der Waals surface area contributed by atoms with Crippen molar-refractivity contribution in [1.29, 1.82) is 0 Å². The number of amides is 1. The number of hydrogen-bond donors (Lipinski definition) is 0. The molecule has 0 aromatic heterocycles. The first-order chi connectivity index (χ1) is 15.0. The van der Waals surface area contributed by atoms with E-state index in [1.54, 1.807) is 0 Å². The van der Waals surface area contributed by atoms with Crippen LogP contribution in [0.3, 0.4) is 0 Å². The lowest BCUT2D eigenvalue weighted by molar-refractivity contribution is -0.137. The average molecular weight is 441 g/mol. The molecule has 0 N–H and O–H groups in total. The molecular formula is C25H32N2O3S. The fraction of sp³-hybridized carbons (Fsp3) is 0.560. The zero-order chi connectivity index (χ0) is 21.4. The minimum atomic E-state index is -3.02. The van der Waals surface area contributed by atoms with Crippen LogP contribution in [0, 0.1) is 0 Å². The van der Waals surface area contributed by atoms with Crippen molar-refractivity contribution in [2.75, 3.05) is 24.6 Å². The number of fused-ring (bicyclic) bond motifs is 1. The molecule has 3 fully saturated rings. The van der Waals surface area contributed by atoms with Crippen LogP contribution in [0.5, 0.6) is 0 Å². The molecule has 1 saturated carbocycles. The summed E-state index contributed by atoms with van der Waals surface area (Å²) in [6.07, 6.45) is 7.03. The molecular weight excluding hydrogens is 408 g/mol. The first kappa shape index (κ1) is 21.0. The van der Waals surface area contributed by atoms with Crippen LogP contribution < -0.4 is 0 Å². The molecule has 2 aromatic rings. The minimum absolute atomic E-state index is 0.126. The normalized spacial score (nSPS) is 26.6. The van der Waals surface area contributed by atoms with Gasteiger partial charge in [0.15, 0.2) is 9.84 Å². The van der Waals surface area contributed by atoms with Gasteiger partial charge in [-0.15, -0.1) is 0 Å². The van der Waals surface area contributed by atoms with Gasteiger partial charge in [-0.05, 0) is 55.0 Å². The molecule has 6 heteroatoms. The Kier molecular flexibility index (Phi) is 5.78. The maximum Gasteiger partial charge on any atom is 0.237 e. The van der Waals surface area contributed by atoms with E-state index < -0.39 is 9.84 Å². The van der Waals surface area contributed by atoms with E-state index in [9.17, 15) is 13.2 Å². The topological polar surface area (TPSA) is 57.7 Å². The number of carbonyl (C=O) groups excluding carboxylic acids is 1. The molecule has 0 spiro atoms. The van der Waals surface area contributed by atoms with Crippen molar-refractivity contribution in [3.05, 3.63) is 48.0 Å². The van der Waals surface area contributed by atoms with E-state index in [2.05, 4.69) is 47.4 Å². The Morgan fingerprint density at radius 3 is 2.48 bits per heavy atom. The highest BCUT2D eigenvalue weighted by molar-refractivity contribution is 7.91. The van der Waals surface area contributed by atoms with Crippen LogP contribution >= 0.6 is 0 Å². The molecule has 3 aliphatic rings. The third-order valence-electron chi connectivity index (χ3n) is 7.49. The van der Waals surface area contributed by atoms with Gasteiger partial charge >= 0.3 is 0 Å². The fourth-order valence-electron chi connectivity index (χ4n) is 6.05. The molecule has 0 bridgehead atoms. The van der Waals surface area contributed by atoms with Crippen molar-refractivity contribution < 1.29 is 13.2 Å². The van der Waals surface area contributed by atoms with Crippen LogP contribution in [0.25, 0.3) is 10.8 Å². The van der Waals surface area contributed by atoms with Crippen LogP contribution in [0.15, 0.2) is 42.5 Å². The Morgan fingerprint density at radius 1 is 0.935 bits per heavy atom. The van der Waals surface area contributed by atoms with Gasteiger partial charge in [-0.2, -0.15) is 0 Å². The Hall–Kier alpha value is -1.92. The molecule has 2 atom stereocenters. The summed E-state index contributed by atoms with van der Waals surface area (Å²) in [7, 11) is -3.02. The molecule has 2 saturated heterocycles. The lowest BCUT2D eigenvalue weighted by Crippen LogP contribution is -2.50. The predicted molar refractivity (Wildman–Crippen MR) is 124 cm³/mol. The first-order valence-corrected chi connectivity index (χ1v) is 13.6. The van der Waals surface area contributed by atoms with Gasteiger partial charge in [0, 0.05) is 18.1 Å². The van der Waals surface area contributed by atoms with Gasteiger partial charge in [0.25, 0.3) is 0 Å². The van der Waals surface area contributed by atoms with Gasteiger partial charge in [0.05, 0.1) is 18.1 Å². The lowest BCUT2D eigenvalue weighted by atomic mass is 9.97. The van der Waals surface area contributed by atoms with Crippen LogP contribution in [-0.2, 0) is 14.6 Å². The fourth-order valence-corrected chi connectivity index (χ4v) is 7.76.